The standard InChI is InChI=1S/C14H32N2O/c1-5-14(6-2)16(10-11-17-4)12-13(3)8-7-9-15/h13-14H,5-12,15H2,1-4H3. The van der Waals surface area contributed by atoms with E-state index in [-0.39, 0.29) is 0 Å². The number of hydrogen-bond donors (Lipinski definition) is 1. The zero-order valence-electron chi connectivity index (χ0n) is 12.2. The average molecular weight is 244 g/mol. The van der Waals surface area contributed by atoms with Crippen molar-refractivity contribution in [2.24, 2.45) is 11.7 Å². The van der Waals surface area contributed by atoms with Crippen molar-refractivity contribution in [1.29, 1.82) is 0 Å². The molecule has 0 saturated heterocycles. The molecule has 0 aromatic carbocycles. The van der Waals surface area contributed by atoms with Gasteiger partial charge < -0.3 is 10.5 Å². The maximum Gasteiger partial charge on any atom is 0.0589 e. The number of methoxy groups -OCH3 is 1. The second kappa shape index (κ2) is 11.0. The second-order valence-electron chi connectivity index (χ2n) is 4.99. The Bertz CT molecular complexity index is 160. The third-order valence-electron chi connectivity index (χ3n) is 3.49. The molecule has 0 aromatic heterocycles. The average Bonchev–Trinajstić information content (AvgIpc) is 2.34. The molecule has 0 rings (SSSR count). The Morgan fingerprint density at radius 1 is 1.24 bits per heavy atom. The second-order valence-corrected chi connectivity index (χ2v) is 4.99. The van der Waals surface area contributed by atoms with Gasteiger partial charge >= 0.3 is 0 Å². The van der Waals surface area contributed by atoms with Crippen molar-refractivity contribution in [3.63, 3.8) is 0 Å². The van der Waals surface area contributed by atoms with Crippen LogP contribution < -0.4 is 5.73 Å². The molecule has 1 atom stereocenters. The summed E-state index contributed by atoms with van der Waals surface area (Å²) in [6.45, 7) is 10.8. The van der Waals surface area contributed by atoms with Gasteiger partial charge in [0.1, 0.15) is 0 Å². The maximum atomic E-state index is 5.57. The van der Waals surface area contributed by atoms with E-state index in [1.807, 2.05) is 0 Å². The van der Waals surface area contributed by atoms with Crippen LogP contribution in [0.1, 0.15) is 46.5 Å². The van der Waals surface area contributed by atoms with Crippen LogP contribution in [0.2, 0.25) is 0 Å². The molecule has 0 aliphatic carbocycles. The lowest BCUT2D eigenvalue weighted by Gasteiger charge is -2.32. The van der Waals surface area contributed by atoms with Crippen LogP contribution in [-0.2, 0) is 4.74 Å². The molecular weight excluding hydrogens is 212 g/mol. The summed E-state index contributed by atoms with van der Waals surface area (Å²) >= 11 is 0. The smallest absolute Gasteiger partial charge is 0.0589 e. The summed E-state index contributed by atoms with van der Waals surface area (Å²) in [6.07, 6.45) is 4.83. The molecule has 0 radical (unpaired) electrons. The molecule has 0 spiro atoms. The van der Waals surface area contributed by atoms with Crippen LogP contribution in [0.15, 0.2) is 0 Å². The van der Waals surface area contributed by atoms with Crippen LogP contribution in [0.5, 0.6) is 0 Å². The van der Waals surface area contributed by atoms with Gasteiger partial charge in [-0.1, -0.05) is 20.8 Å². The zero-order chi connectivity index (χ0) is 13.1. The Hall–Kier alpha value is -0.120. The Morgan fingerprint density at radius 2 is 1.88 bits per heavy atom. The van der Waals surface area contributed by atoms with Crippen LogP contribution in [-0.4, -0.2) is 44.3 Å². The van der Waals surface area contributed by atoms with E-state index >= 15 is 0 Å². The van der Waals surface area contributed by atoms with Gasteiger partial charge in [-0.3, -0.25) is 4.90 Å². The molecule has 3 nitrogen and oxygen atoms in total. The highest BCUT2D eigenvalue weighted by Gasteiger charge is 2.17. The van der Waals surface area contributed by atoms with Crippen molar-refractivity contribution in [3.05, 3.63) is 0 Å². The van der Waals surface area contributed by atoms with E-state index < -0.39 is 0 Å². The van der Waals surface area contributed by atoms with E-state index in [0.717, 1.165) is 32.0 Å². The van der Waals surface area contributed by atoms with Gasteiger partial charge in [0.25, 0.3) is 0 Å². The minimum Gasteiger partial charge on any atom is -0.383 e. The number of rotatable bonds is 11. The van der Waals surface area contributed by atoms with E-state index in [1.54, 1.807) is 7.11 Å². The third-order valence-corrected chi connectivity index (χ3v) is 3.49. The lowest BCUT2D eigenvalue weighted by Crippen LogP contribution is -2.40. The van der Waals surface area contributed by atoms with Gasteiger partial charge in [-0.15, -0.1) is 0 Å². The number of ether oxygens (including phenoxy) is 1. The fourth-order valence-corrected chi connectivity index (χ4v) is 2.39. The SMILES string of the molecule is CCC(CC)N(CCOC)CC(C)CCCN. The van der Waals surface area contributed by atoms with E-state index in [4.69, 9.17) is 10.5 Å². The molecule has 104 valence electrons. The predicted molar refractivity (Wildman–Crippen MR) is 75.3 cm³/mol. The third kappa shape index (κ3) is 7.74. The largest absolute Gasteiger partial charge is 0.383 e. The summed E-state index contributed by atoms with van der Waals surface area (Å²) in [5.74, 6) is 0.732. The van der Waals surface area contributed by atoms with Crippen molar-refractivity contribution >= 4 is 0 Å². The van der Waals surface area contributed by atoms with Gasteiger partial charge in [-0.05, 0) is 38.1 Å². The molecular formula is C14H32N2O. The molecule has 0 saturated carbocycles. The van der Waals surface area contributed by atoms with Crippen molar-refractivity contribution < 1.29 is 4.74 Å². The van der Waals surface area contributed by atoms with E-state index in [2.05, 4.69) is 25.7 Å². The molecule has 0 heterocycles. The summed E-state index contributed by atoms with van der Waals surface area (Å²) in [6, 6.07) is 0.700. The molecule has 2 N–H and O–H groups in total. The number of nitrogens with two attached hydrogens (primary N) is 1. The summed E-state index contributed by atoms with van der Waals surface area (Å²) in [7, 11) is 1.78. The minimum absolute atomic E-state index is 0.700. The van der Waals surface area contributed by atoms with Gasteiger partial charge in [-0.2, -0.15) is 0 Å². The zero-order valence-corrected chi connectivity index (χ0v) is 12.2. The molecule has 0 aliphatic heterocycles. The highest BCUT2D eigenvalue weighted by molar-refractivity contribution is 4.71. The molecule has 0 bridgehead atoms. The summed E-state index contributed by atoms with van der Waals surface area (Å²) < 4.78 is 5.21. The van der Waals surface area contributed by atoms with E-state index in [0.29, 0.717) is 6.04 Å². The Morgan fingerprint density at radius 3 is 2.35 bits per heavy atom. The van der Waals surface area contributed by atoms with Crippen LogP contribution in [0.3, 0.4) is 0 Å². The topological polar surface area (TPSA) is 38.5 Å². The van der Waals surface area contributed by atoms with Crippen molar-refractivity contribution in [3.8, 4) is 0 Å². The van der Waals surface area contributed by atoms with E-state index in [1.165, 1.54) is 25.8 Å². The highest BCUT2D eigenvalue weighted by atomic mass is 16.5. The fraction of sp³-hybridized carbons (Fsp3) is 1.00. The number of nitrogens with zero attached hydrogens (tertiary/aromatic N) is 1. The van der Waals surface area contributed by atoms with E-state index in [9.17, 15) is 0 Å². The van der Waals surface area contributed by atoms with Crippen LogP contribution in [0, 0.1) is 5.92 Å². The maximum absolute atomic E-state index is 5.57. The van der Waals surface area contributed by atoms with Gasteiger partial charge in [-0.25, -0.2) is 0 Å². The van der Waals surface area contributed by atoms with Gasteiger partial charge in [0.05, 0.1) is 6.61 Å². The Kier molecular flexibility index (Phi) is 10.9. The summed E-state index contributed by atoms with van der Waals surface area (Å²) in [5, 5.41) is 0. The van der Waals surface area contributed by atoms with Crippen molar-refractivity contribution in [1.82, 2.24) is 4.90 Å². The van der Waals surface area contributed by atoms with Crippen LogP contribution >= 0.6 is 0 Å². The summed E-state index contributed by atoms with van der Waals surface area (Å²) in [4.78, 5) is 2.59. The van der Waals surface area contributed by atoms with Crippen molar-refractivity contribution in [2.45, 2.75) is 52.5 Å². The molecule has 17 heavy (non-hydrogen) atoms. The molecule has 0 amide bonds. The van der Waals surface area contributed by atoms with Crippen LogP contribution in [0.4, 0.5) is 0 Å². The normalized spacial score (nSPS) is 13.6. The minimum atomic E-state index is 0.700. The van der Waals surface area contributed by atoms with Crippen LogP contribution in [0.25, 0.3) is 0 Å². The highest BCUT2D eigenvalue weighted by Crippen LogP contribution is 2.14. The molecule has 0 fully saturated rings. The van der Waals surface area contributed by atoms with Gasteiger partial charge in [0, 0.05) is 26.2 Å². The van der Waals surface area contributed by atoms with Gasteiger partial charge in [0.15, 0.2) is 0 Å². The summed E-state index contributed by atoms with van der Waals surface area (Å²) in [5.41, 5.74) is 5.57. The quantitative estimate of drug-likeness (QED) is 0.607. The lowest BCUT2D eigenvalue weighted by atomic mass is 10.0. The Labute approximate surface area is 108 Å². The first-order chi connectivity index (χ1) is 8.19. The molecule has 1 unspecified atom stereocenters. The molecule has 0 aromatic rings. The first kappa shape index (κ1) is 16.9. The monoisotopic (exact) mass is 244 g/mol. The first-order valence-electron chi connectivity index (χ1n) is 7.12. The van der Waals surface area contributed by atoms with Crippen molar-refractivity contribution in [2.75, 3.05) is 33.4 Å². The molecule has 0 aliphatic rings. The predicted octanol–water partition coefficient (Wildman–Crippen LogP) is 2.50. The molecule has 3 heteroatoms. The van der Waals surface area contributed by atoms with Gasteiger partial charge in [0.2, 0.25) is 0 Å². The Balaban J connectivity index is 4.15. The lowest BCUT2D eigenvalue weighted by molar-refractivity contribution is 0.102. The number of hydrogen-bond acceptors (Lipinski definition) is 3. The fourth-order valence-electron chi connectivity index (χ4n) is 2.39. The first-order valence-corrected chi connectivity index (χ1v) is 7.12.